The molecule has 154 valence electrons. The second-order valence-corrected chi connectivity index (χ2v) is 6.02. The normalized spacial score (nSPS) is 21.2. The fraction of sp³-hybridized carbons (Fsp3) is 0.471. The van der Waals surface area contributed by atoms with Crippen molar-refractivity contribution in [2.45, 2.75) is 37.9 Å². The summed E-state index contributed by atoms with van der Waals surface area (Å²) in [5, 5.41) is 21.1. The Hall–Kier alpha value is -3.37. The SMILES string of the molecule is CNC(=O)NC(CC(=O)O)C(=O)NC1C=CCCNC(=O)C=CC(C)NC1=O. The summed E-state index contributed by atoms with van der Waals surface area (Å²) in [7, 11) is 1.32. The third kappa shape index (κ3) is 8.34. The summed E-state index contributed by atoms with van der Waals surface area (Å²) in [5.74, 6) is -2.93. The van der Waals surface area contributed by atoms with Crippen molar-refractivity contribution in [3.05, 3.63) is 24.3 Å². The minimum absolute atomic E-state index is 0.281. The maximum absolute atomic E-state index is 12.5. The Morgan fingerprint density at radius 1 is 1.29 bits per heavy atom. The van der Waals surface area contributed by atoms with Crippen LogP contribution in [0.5, 0.6) is 0 Å². The van der Waals surface area contributed by atoms with Crippen LogP contribution in [0.15, 0.2) is 24.3 Å². The standard InChI is InChI=1S/C17H25N5O6/c1-10-6-7-13(23)19-8-4-3-5-11(15(26)20-10)21-16(27)12(9-14(24)25)22-17(28)18-2/h3,5-7,10-12H,4,8-9H2,1-2H3,(H,19,23)(H,20,26)(H,21,27)(H,24,25)(H2,18,22,28). The van der Waals surface area contributed by atoms with Crippen LogP contribution in [-0.4, -0.2) is 66.5 Å². The molecule has 0 aromatic carbocycles. The molecule has 0 radical (unpaired) electrons. The van der Waals surface area contributed by atoms with Gasteiger partial charge < -0.3 is 31.7 Å². The number of carbonyl (C=O) groups is 5. The van der Waals surface area contributed by atoms with Gasteiger partial charge in [0.25, 0.3) is 0 Å². The van der Waals surface area contributed by atoms with E-state index in [1.165, 1.54) is 25.3 Å². The number of hydrogen-bond donors (Lipinski definition) is 6. The highest BCUT2D eigenvalue weighted by molar-refractivity contribution is 5.94. The van der Waals surface area contributed by atoms with Gasteiger partial charge in [-0.1, -0.05) is 18.2 Å². The lowest BCUT2D eigenvalue weighted by atomic mass is 10.1. The molecule has 1 aliphatic heterocycles. The van der Waals surface area contributed by atoms with Crippen LogP contribution in [-0.2, 0) is 19.2 Å². The highest BCUT2D eigenvalue weighted by Gasteiger charge is 2.27. The van der Waals surface area contributed by atoms with Gasteiger partial charge in [0.15, 0.2) is 0 Å². The van der Waals surface area contributed by atoms with Gasteiger partial charge >= 0.3 is 12.0 Å². The van der Waals surface area contributed by atoms with Crippen LogP contribution < -0.4 is 26.6 Å². The highest BCUT2D eigenvalue weighted by atomic mass is 16.4. The molecule has 5 amide bonds. The Morgan fingerprint density at radius 3 is 2.64 bits per heavy atom. The molecule has 0 bridgehead atoms. The maximum Gasteiger partial charge on any atom is 0.315 e. The highest BCUT2D eigenvalue weighted by Crippen LogP contribution is 1.99. The molecule has 0 spiro atoms. The first-order valence-corrected chi connectivity index (χ1v) is 8.66. The van der Waals surface area contributed by atoms with Gasteiger partial charge in [0.1, 0.15) is 12.1 Å². The van der Waals surface area contributed by atoms with Crippen molar-refractivity contribution in [1.82, 2.24) is 26.6 Å². The lowest BCUT2D eigenvalue weighted by molar-refractivity contribution is -0.140. The molecule has 0 aliphatic carbocycles. The van der Waals surface area contributed by atoms with Crippen LogP contribution in [0.4, 0.5) is 4.79 Å². The molecular formula is C17H25N5O6. The van der Waals surface area contributed by atoms with E-state index in [1.54, 1.807) is 13.0 Å². The molecule has 0 fully saturated rings. The van der Waals surface area contributed by atoms with Gasteiger partial charge in [-0.05, 0) is 13.3 Å². The first-order chi connectivity index (χ1) is 13.2. The summed E-state index contributed by atoms with van der Waals surface area (Å²) in [4.78, 5) is 58.9. The molecule has 3 atom stereocenters. The van der Waals surface area contributed by atoms with E-state index in [9.17, 15) is 24.0 Å². The maximum atomic E-state index is 12.5. The predicted octanol–water partition coefficient (Wildman–Crippen LogP) is -1.62. The lowest BCUT2D eigenvalue weighted by Crippen LogP contribution is -2.55. The Balaban J connectivity index is 2.92. The predicted molar refractivity (Wildman–Crippen MR) is 99.1 cm³/mol. The summed E-state index contributed by atoms with van der Waals surface area (Å²) < 4.78 is 0. The lowest BCUT2D eigenvalue weighted by Gasteiger charge is -2.21. The van der Waals surface area contributed by atoms with E-state index in [0.717, 1.165) is 0 Å². The van der Waals surface area contributed by atoms with E-state index >= 15 is 0 Å². The zero-order valence-corrected chi connectivity index (χ0v) is 15.7. The number of rotatable bonds is 5. The monoisotopic (exact) mass is 395 g/mol. The largest absolute Gasteiger partial charge is 0.481 e. The topological polar surface area (TPSA) is 166 Å². The minimum atomic E-state index is -1.36. The summed E-state index contributed by atoms with van der Waals surface area (Å²) in [5.41, 5.74) is 0. The number of nitrogens with one attached hydrogen (secondary N) is 5. The molecule has 6 N–H and O–H groups in total. The molecule has 3 unspecified atom stereocenters. The van der Waals surface area contributed by atoms with E-state index in [2.05, 4.69) is 26.6 Å². The van der Waals surface area contributed by atoms with Crippen LogP contribution >= 0.6 is 0 Å². The van der Waals surface area contributed by atoms with Crippen LogP contribution in [0.2, 0.25) is 0 Å². The van der Waals surface area contributed by atoms with E-state index in [1.807, 2.05) is 0 Å². The van der Waals surface area contributed by atoms with Gasteiger partial charge in [0.2, 0.25) is 17.7 Å². The van der Waals surface area contributed by atoms with Gasteiger partial charge in [0.05, 0.1) is 6.42 Å². The van der Waals surface area contributed by atoms with Crippen LogP contribution in [0.3, 0.4) is 0 Å². The molecule has 1 rings (SSSR count). The fourth-order valence-corrected chi connectivity index (χ4v) is 2.23. The third-order valence-corrected chi connectivity index (χ3v) is 3.65. The number of carboxylic acids is 1. The van der Waals surface area contributed by atoms with Crippen molar-refractivity contribution in [3.8, 4) is 0 Å². The Labute approximate surface area is 162 Å². The molecule has 28 heavy (non-hydrogen) atoms. The number of amides is 5. The van der Waals surface area contributed by atoms with Gasteiger partial charge in [-0.2, -0.15) is 0 Å². The van der Waals surface area contributed by atoms with Crippen molar-refractivity contribution >= 4 is 29.7 Å². The van der Waals surface area contributed by atoms with Gasteiger partial charge in [0, 0.05) is 25.7 Å². The fourth-order valence-electron chi connectivity index (χ4n) is 2.23. The van der Waals surface area contributed by atoms with Crippen molar-refractivity contribution in [2.75, 3.05) is 13.6 Å². The second kappa shape index (κ2) is 11.4. The number of aliphatic carboxylic acids is 1. The average molecular weight is 395 g/mol. The Kier molecular flexibility index (Phi) is 9.20. The molecule has 11 nitrogen and oxygen atoms in total. The average Bonchev–Trinajstić information content (AvgIpc) is 2.62. The van der Waals surface area contributed by atoms with Crippen LogP contribution in [0.1, 0.15) is 19.8 Å². The molecule has 11 heteroatoms. The molecule has 0 aromatic rings. The van der Waals surface area contributed by atoms with Gasteiger partial charge in [-0.25, -0.2) is 4.79 Å². The summed E-state index contributed by atoms with van der Waals surface area (Å²) in [6.45, 7) is 1.99. The molecular weight excluding hydrogens is 370 g/mol. The van der Waals surface area contributed by atoms with Gasteiger partial charge in [-0.3, -0.25) is 19.2 Å². The Morgan fingerprint density at radius 2 is 2.00 bits per heavy atom. The zero-order chi connectivity index (χ0) is 21.1. The number of carbonyl (C=O) groups excluding carboxylic acids is 4. The van der Waals surface area contributed by atoms with E-state index in [-0.39, 0.29) is 5.91 Å². The van der Waals surface area contributed by atoms with Crippen LogP contribution in [0, 0.1) is 0 Å². The second-order valence-electron chi connectivity index (χ2n) is 6.02. The first kappa shape index (κ1) is 22.7. The Bertz CT molecular complexity index is 675. The summed E-state index contributed by atoms with van der Waals surface area (Å²) >= 11 is 0. The minimum Gasteiger partial charge on any atom is -0.481 e. The third-order valence-electron chi connectivity index (χ3n) is 3.65. The van der Waals surface area contributed by atoms with E-state index < -0.39 is 48.4 Å². The smallest absolute Gasteiger partial charge is 0.315 e. The quantitative estimate of drug-likeness (QED) is 0.306. The molecule has 1 heterocycles. The molecule has 0 saturated carbocycles. The van der Waals surface area contributed by atoms with Gasteiger partial charge in [-0.15, -0.1) is 0 Å². The molecule has 0 aromatic heterocycles. The van der Waals surface area contributed by atoms with E-state index in [0.29, 0.717) is 13.0 Å². The summed E-state index contributed by atoms with van der Waals surface area (Å²) in [6.07, 6.45) is 5.62. The van der Waals surface area contributed by atoms with Crippen molar-refractivity contribution in [2.24, 2.45) is 0 Å². The van der Waals surface area contributed by atoms with Crippen molar-refractivity contribution < 1.29 is 29.1 Å². The molecule has 0 saturated heterocycles. The van der Waals surface area contributed by atoms with Crippen molar-refractivity contribution in [1.29, 1.82) is 0 Å². The number of carboxylic acid groups (broad SMARTS) is 1. The van der Waals surface area contributed by atoms with Crippen LogP contribution in [0.25, 0.3) is 0 Å². The zero-order valence-electron chi connectivity index (χ0n) is 15.7. The van der Waals surface area contributed by atoms with E-state index in [4.69, 9.17) is 5.11 Å². The number of urea groups is 1. The number of hydrogen-bond acceptors (Lipinski definition) is 5. The van der Waals surface area contributed by atoms with Crippen molar-refractivity contribution in [3.63, 3.8) is 0 Å². The summed E-state index contributed by atoms with van der Waals surface area (Å²) in [6, 6.07) is -3.66. The first-order valence-electron chi connectivity index (χ1n) is 8.66. The molecule has 1 aliphatic rings.